The summed E-state index contributed by atoms with van der Waals surface area (Å²) < 4.78 is 0. The Hall–Kier alpha value is -0.930. The van der Waals surface area contributed by atoms with Crippen LogP contribution in [0.2, 0.25) is 0 Å². The summed E-state index contributed by atoms with van der Waals surface area (Å²) in [7, 11) is 2.18. The van der Waals surface area contributed by atoms with Crippen molar-refractivity contribution in [3.63, 3.8) is 0 Å². The van der Waals surface area contributed by atoms with Crippen LogP contribution in [-0.4, -0.2) is 36.1 Å². The van der Waals surface area contributed by atoms with Crippen LogP contribution in [0.25, 0.3) is 0 Å². The number of nitrogens with one attached hydrogen (secondary N) is 1. The maximum Gasteiger partial charge on any atom is 0.0547 e. The number of pyridine rings is 1. The maximum absolute atomic E-state index is 4.58. The van der Waals surface area contributed by atoms with E-state index in [2.05, 4.69) is 62.1 Å². The minimum absolute atomic E-state index is 0.303. The molecule has 0 saturated heterocycles. The molecule has 1 rings (SSSR count). The Bertz CT molecular complexity index is 409. The molecule has 1 N–H and O–H groups in total. The van der Waals surface area contributed by atoms with Crippen molar-refractivity contribution in [3.8, 4) is 0 Å². The lowest BCUT2D eigenvalue weighted by atomic mass is 9.84. The van der Waals surface area contributed by atoms with Gasteiger partial charge < -0.3 is 10.2 Å². The van der Waals surface area contributed by atoms with Crippen molar-refractivity contribution in [2.24, 2.45) is 5.41 Å². The molecule has 3 nitrogen and oxygen atoms in total. The van der Waals surface area contributed by atoms with Gasteiger partial charge in [-0.15, -0.1) is 0 Å². The molecule has 0 aliphatic carbocycles. The summed E-state index contributed by atoms with van der Waals surface area (Å²) in [6.45, 7) is 14.4. The molecule has 1 heterocycles. The number of rotatable bonds is 8. The first-order valence-electron chi connectivity index (χ1n) is 8.17. The zero-order valence-electron chi connectivity index (χ0n) is 14.7. The Morgan fingerprint density at radius 2 is 2.00 bits per heavy atom. The molecule has 0 radical (unpaired) electrons. The average Bonchev–Trinajstić information content (AvgIpc) is 2.37. The fourth-order valence-electron chi connectivity index (χ4n) is 2.55. The van der Waals surface area contributed by atoms with Gasteiger partial charge in [-0.1, -0.05) is 33.8 Å². The van der Waals surface area contributed by atoms with Gasteiger partial charge in [-0.05, 0) is 57.5 Å². The van der Waals surface area contributed by atoms with Gasteiger partial charge >= 0.3 is 0 Å². The third kappa shape index (κ3) is 7.05. The number of nitrogens with zero attached hydrogens (tertiary/aromatic N) is 2. The molecule has 3 heteroatoms. The molecule has 21 heavy (non-hydrogen) atoms. The van der Waals surface area contributed by atoms with Gasteiger partial charge in [-0.2, -0.15) is 0 Å². The highest BCUT2D eigenvalue weighted by atomic mass is 15.1. The van der Waals surface area contributed by atoms with Crippen LogP contribution in [-0.2, 0) is 6.54 Å². The van der Waals surface area contributed by atoms with Gasteiger partial charge in [-0.3, -0.25) is 4.98 Å². The molecule has 0 bridgehead atoms. The summed E-state index contributed by atoms with van der Waals surface area (Å²) in [5.74, 6) is 0. The largest absolute Gasteiger partial charge is 0.313 e. The molecule has 0 aliphatic heterocycles. The van der Waals surface area contributed by atoms with Crippen LogP contribution in [0.3, 0.4) is 0 Å². The lowest BCUT2D eigenvalue weighted by Gasteiger charge is -2.33. The Morgan fingerprint density at radius 3 is 2.57 bits per heavy atom. The summed E-state index contributed by atoms with van der Waals surface area (Å²) >= 11 is 0. The average molecular weight is 291 g/mol. The smallest absolute Gasteiger partial charge is 0.0547 e. The molecule has 0 aromatic carbocycles. The van der Waals surface area contributed by atoms with Gasteiger partial charge in [0.1, 0.15) is 0 Å². The van der Waals surface area contributed by atoms with Crippen LogP contribution in [0.1, 0.15) is 51.9 Å². The van der Waals surface area contributed by atoms with Gasteiger partial charge in [0.05, 0.1) is 5.69 Å². The molecule has 1 aromatic heterocycles. The van der Waals surface area contributed by atoms with Crippen LogP contribution in [0.4, 0.5) is 0 Å². The highest BCUT2D eigenvalue weighted by Gasteiger charge is 2.23. The molecule has 1 unspecified atom stereocenters. The van der Waals surface area contributed by atoms with Crippen molar-refractivity contribution >= 4 is 0 Å². The van der Waals surface area contributed by atoms with E-state index < -0.39 is 0 Å². The van der Waals surface area contributed by atoms with Gasteiger partial charge in [0.15, 0.2) is 0 Å². The molecule has 0 amide bonds. The molecule has 120 valence electrons. The van der Waals surface area contributed by atoms with Crippen molar-refractivity contribution in [2.75, 3.05) is 20.1 Å². The third-order valence-electron chi connectivity index (χ3n) is 3.86. The van der Waals surface area contributed by atoms with E-state index in [1.807, 2.05) is 13.0 Å². The number of aryl methyl sites for hydroxylation is 1. The molecule has 0 saturated carbocycles. The zero-order chi connectivity index (χ0) is 15.9. The first-order chi connectivity index (χ1) is 9.82. The number of hydrogen-bond donors (Lipinski definition) is 1. The highest BCUT2D eigenvalue weighted by Crippen LogP contribution is 2.22. The van der Waals surface area contributed by atoms with E-state index in [1.54, 1.807) is 0 Å². The number of aromatic nitrogens is 1. The summed E-state index contributed by atoms with van der Waals surface area (Å²) in [5.41, 5.74) is 2.56. The van der Waals surface area contributed by atoms with E-state index in [-0.39, 0.29) is 0 Å². The second-order valence-electron chi connectivity index (χ2n) is 7.17. The van der Waals surface area contributed by atoms with Gasteiger partial charge in [0, 0.05) is 18.3 Å². The van der Waals surface area contributed by atoms with Crippen LogP contribution in [0, 0.1) is 12.3 Å². The highest BCUT2D eigenvalue weighted by molar-refractivity contribution is 5.09. The first-order valence-corrected chi connectivity index (χ1v) is 8.17. The minimum Gasteiger partial charge on any atom is -0.313 e. The Labute approximate surface area is 131 Å². The summed E-state index contributed by atoms with van der Waals surface area (Å²) in [4.78, 5) is 6.95. The summed E-state index contributed by atoms with van der Waals surface area (Å²) in [6.07, 6.45) is 2.36. The van der Waals surface area contributed by atoms with Crippen LogP contribution in [0.15, 0.2) is 18.2 Å². The third-order valence-corrected chi connectivity index (χ3v) is 3.86. The van der Waals surface area contributed by atoms with Crippen LogP contribution >= 0.6 is 0 Å². The Morgan fingerprint density at radius 1 is 1.29 bits per heavy atom. The molecule has 1 aromatic rings. The fraction of sp³-hybridized carbons (Fsp3) is 0.722. The van der Waals surface area contributed by atoms with Crippen LogP contribution < -0.4 is 5.32 Å². The van der Waals surface area contributed by atoms with E-state index in [1.165, 1.54) is 12.8 Å². The van der Waals surface area contributed by atoms with Crippen LogP contribution in [0.5, 0.6) is 0 Å². The number of hydrogen-bond acceptors (Lipinski definition) is 3. The molecule has 0 spiro atoms. The second kappa shape index (κ2) is 8.50. The van der Waals surface area contributed by atoms with Crippen molar-refractivity contribution in [2.45, 2.75) is 60.0 Å². The topological polar surface area (TPSA) is 28.2 Å². The normalized spacial score (nSPS) is 13.7. The molecular weight excluding hydrogens is 258 g/mol. The SMILES string of the molecule is CCCNC(CCN(C)Cc1cccc(C)n1)C(C)(C)C. The molecule has 0 aliphatic rings. The fourth-order valence-corrected chi connectivity index (χ4v) is 2.55. The summed E-state index contributed by atoms with van der Waals surface area (Å²) in [6, 6.07) is 6.81. The molecule has 0 fully saturated rings. The van der Waals surface area contributed by atoms with Crippen molar-refractivity contribution < 1.29 is 0 Å². The molecular formula is C18H33N3. The Kier molecular flexibility index (Phi) is 7.33. The lowest BCUT2D eigenvalue weighted by Crippen LogP contribution is -2.42. The van der Waals surface area contributed by atoms with Gasteiger partial charge in [-0.25, -0.2) is 0 Å². The maximum atomic E-state index is 4.58. The predicted octanol–water partition coefficient (Wildman–Crippen LogP) is 3.63. The van der Waals surface area contributed by atoms with Crippen molar-refractivity contribution in [1.29, 1.82) is 0 Å². The van der Waals surface area contributed by atoms with E-state index in [0.717, 1.165) is 31.0 Å². The van der Waals surface area contributed by atoms with E-state index in [9.17, 15) is 0 Å². The summed E-state index contributed by atoms with van der Waals surface area (Å²) in [5, 5.41) is 3.70. The van der Waals surface area contributed by atoms with Gasteiger partial charge in [0.2, 0.25) is 0 Å². The Balaban J connectivity index is 2.47. The monoisotopic (exact) mass is 291 g/mol. The lowest BCUT2D eigenvalue weighted by molar-refractivity contribution is 0.218. The first kappa shape index (κ1) is 18.1. The second-order valence-corrected chi connectivity index (χ2v) is 7.17. The predicted molar refractivity (Wildman–Crippen MR) is 91.5 cm³/mol. The van der Waals surface area contributed by atoms with Crippen molar-refractivity contribution in [1.82, 2.24) is 15.2 Å². The van der Waals surface area contributed by atoms with E-state index in [0.29, 0.717) is 11.5 Å². The quantitative estimate of drug-likeness (QED) is 0.793. The molecule has 1 atom stereocenters. The minimum atomic E-state index is 0.303. The zero-order valence-corrected chi connectivity index (χ0v) is 14.7. The van der Waals surface area contributed by atoms with E-state index >= 15 is 0 Å². The van der Waals surface area contributed by atoms with E-state index in [4.69, 9.17) is 0 Å². The standard InChI is InChI=1S/C18H33N3/c1-7-12-19-17(18(3,4)5)11-13-21(6)14-16-10-8-9-15(2)20-16/h8-10,17,19H,7,11-14H2,1-6H3. The van der Waals surface area contributed by atoms with Gasteiger partial charge in [0.25, 0.3) is 0 Å². The van der Waals surface area contributed by atoms with Crippen molar-refractivity contribution in [3.05, 3.63) is 29.6 Å².